The average Bonchev–Trinajstić information content (AvgIpc) is 3.28. The first kappa shape index (κ1) is 21.1. The average molecular weight is 444 g/mol. The SMILES string of the molecule is Cn1cc(N(C(=O)c2cnn3cccnc23)N2CCC(F)(F)[C@@H](N)C2)c(C(F)(F)F)n1. The van der Waals surface area contributed by atoms with Crippen LogP contribution >= 0.6 is 0 Å². The number of fused-ring (bicyclic) bond motifs is 1. The minimum absolute atomic E-state index is 0.0987. The predicted octanol–water partition coefficient (Wildman–Crippen LogP) is 1.71. The highest BCUT2D eigenvalue weighted by Gasteiger charge is 2.47. The molecule has 0 saturated carbocycles. The summed E-state index contributed by atoms with van der Waals surface area (Å²) in [6.07, 6.45) is -0.576. The minimum atomic E-state index is -4.89. The number of aromatic nitrogens is 5. The van der Waals surface area contributed by atoms with Crippen LogP contribution in [0.3, 0.4) is 0 Å². The molecule has 1 aliphatic rings. The van der Waals surface area contributed by atoms with Crippen LogP contribution in [0.1, 0.15) is 22.5 Å². The third-order valence-electron chi connectivity index (χ3n) is 4.94. The number of hydrogen-bond donors (Lipinski definition) is 1. The lowest BCUT2D eigenvalue weighted by Crippen LogP contribution is -2.61. The van der Waals surface area contributed by atoms with Crippen molar-refractivity contribution < 1.29 is 26.7 Å². The van der Waals surface area contributed by atoms with Crippen molar-refractivity contribution in [1.82, 2.24) is 29.4 Å². The number of aryl methyl sites for hydroxylation is 1. The molecule has 9 nitrogen and oxygen atoms in total. The zero-order chi connectivity index (χ0) is 22.6. The number of nitrogens with two attached hydrogens (primary N) is 1. The molecule has 4 heterocycles. The van der Waals surface area contributed by atoms with Gasteiger partial charge in [0.15, 0.2) is 11.3 Å². The first-order chi connectivity index (χ1) is 14.5. The van der Waals surface area contributed by atoms with E-state index in [2.05, 4.69) is 15.2 Å². The normalized spacial score (nSPS) is 19.6. The molecule has 1 atom stereocenters. The molecule has 2 N–H and O–H groups in total. The van der Waals surface area contributed by atoms with Gasteiger partial charge in [0, 0.05) is 39.0 Å². The van der Waals surface area contributed by atoms with E-state index >= 15 is 0 Å². The van der Waals surface area contributed by atoms with Crippen LogP contribution in [0.4, 0.5) is 27.6 Å². The Hall–Kier alpha value is -3.13. The van der Waals surface area contributed by atoms with Crippen LogP contribution < -0.4 is 10.7 Å². The van der Waals surface area contributed by atoms with Crippen molar-refractivity contribution in [3.8, 4) is 0 Å². The molecule has 0 aromatic carbocycles. The van der Waals surface area contributed by atoms with Crippen molar-refractivity contribution in [1.29, 1.82) is 0 Å². The Kier molecular flexibility index (Phi) is 4.93. The van der Waals surface area contributed by atoms with E-state index in [-0.39, 0.29) is 11.2 Å². The van der Waals surface area contributed by atoms with Crippen LogP contribution in [-0.2, 0) is 13.2 Å². The Balaban J connectivity index is 1.84. The maximum Gasteiger partial charge on any atom is 0.437 e. The predicted molar refractivity (Wildman–Crippen MR) is 97.1 cm³/mol. The summed E-state index contributed by atoms with van der Waals surface area (Å²) in [6.45, 7) is -0.942. The highest BCUT2D eigenvalue weighted by atomic mass is 19.4. The second-order valence-corrected chi connectivity index (χ2v) is 7.13. The summed E-state index contributed by atoms with van der Waals surface area (Å²) in [5.74, 6) is -4.14. The van der Waals surface area contributed by atoms with Crippen molar-refractivity contribution in [2.45, 2.75) is 24.6 Å². The number of carbonyl (C=O) groups is 1. The monoisotopic (exact) mass is 444 g/mol. The lowest BCUT2D eigenvalue weighted by atomic mass is 10.0. The molecule has 0 unspecified atom stereocenters. The number of nitrogens with zero attached hydrogens (tertiary/aromatic N) is 7. The molecule has 1 saturated heterocycles. The minimum Gasteiger partial charge on any atom is -0.322 e. The second-order valence-electron chi connectivity index (χ2n) is 7.13. The van der Waals surface area contributed by atoms with E-state index in [4.69, 9.17) is 5.73 Å². The molecule has 0 spiro atoms. The number of hydrazine groups is 1. The molecule has 4 rings (SSSR count). The first-order valence-corrected chi connectivity index (χ1v) is 9.11. The second kappa shape index (κ2) is 7.23. The number of anilines is 1. The van der Waals surface area contributed by atoms with Crippen LogP contribution in [-0.4, -0.2) is 60.3 Å². The van der Waals surface area contributed by atoms with Crippen molar-refractivity contribution in [3.05, 3.63) is 42.1 Å². The summed E-state index contributed by atoms with van der Waals surface area (Å²) in [6, 6.07) is -0.120. The molecule has 1 fully saturated rings. The van der Waals surface area contributed by atoms with Crippen molar-refractivity contribution >= 4 is 17.2 Å². The van der Waals surface area contributed by atoms with Crippen LogP contribution in [0.25, 0.3) is 5.65 Å². The number of carbonyl (C=O) groups excluding carboxylic acids is 1. The quantitative estimate of drug-likeness (QED) is 0.618. The highest BCUT2D eigenvalue weighted by Crippen LogP contribution is 2.38. The molecule has 14 heteroatoms. The molecule has 0 aliphatic carbocycles. The molecule has 1 amide bonds. The van der Waals surface area contributed by atoms with Gasteiger partial charge in [-0.15, -0.1) is 0 Å². The van der Waals surface area contributed by atoms with Gasteiger partial charge in [-0.2, -0.15) is 23.4 Å². The Morgan fingerprint density at radius 2 is 2.10 bits per heavy atom. The fourth-order valence-electron chi connectivity index (χ4n) is 3.41. The third kappa shape index (κ3) is 3.72. The molecule has 3 aromatic rings. The summed E-state index contributed by atoms with van der Waals surface area (Å²) < 4.78 is 70.9. The van der Waals surface area contributed by atoms with E-state index in [0.717, 1.165) is 22.1 Å². The third-order valence-corrected chi connectivity index (χ3v) is 4.94. The van der Waals surface area contributed by atoms with E-state index in [1.807, 2.05) is 0 Å². The number of amides is 1. The van der Waals surface area contributed by atoms with Gasteiger partial charge in [0.25, 0.3) is 11.8 Å². The number of hydrogen-bond acceptors (Lipinski definition) is 6. The zero-order valence-electron chi connectivity index (χ0n) is 16.1. The fraction of sp³-hybridized carbons (Fsp3) is 0.412. The summed E-state index contributed by atoms with van der Waals surface area (Å²) in [4.78, 5) is 17.5. The topological polar surface area (TPSA) is 97.6 Å². The lowest BCUT2D eigenvalue weighted by molar-refractivity contribution is -0.141. The number of piperidine rings is 1. The maximum atomic E-state index is 13.9. The fourth-order valence-corrected chi connectivity index (χ4v) is 3.41. The van der Waals surface area contributed by atoms with Crippen molar-refractivity contribution in [2.24, 2.45) is 12.8 Å². The van der Waals surface area contributed by atoms with E-state index in [0.29, 0.717) is 5.01 Å². The molecule has 0 bridgehead atoms. The largest absolute Gasteiger partial charge is 0.437 e. The van der Waals surface area contributed by atoms with Gasteiger partial charge in [-0.3, -0.25) is 9.48 Å². The zero-order valence-corrected chi connectivity index (χ0v) is 16.1. The van der Waals surface area contributed by atoms with E-state index in [9.17, 15) is 26.7 Å². The van der Waals surface area contributed by atoms with Gasteiger partial charge in [0.1, 0.15) is 11.3 Å². The maximum absolute atomic E-state index is 13.9. The van der Waals surface area contributed by atoms with Crippen LogP contribution in [0.5, 0.6) is 0 Å². The number of rotatable bonds is 3. The summed E-state index contributed by atoms with van der Waals surface area (Å²) >= 11 is 0. The van der Waals surface area contributed by atoms with Gasteiger partial charge in [-0.05, 0) is 6.07 Å². The smallest absolute Gasteiger partial charge is 0.322 e. The molecule has 166 valence electrons. The molecular weight excluding hydrogens is 427 g/mol. The molecule has 0 radical (unpaired) electrons. The van der Waals surface area contributed by atoms with Gasteiger partial charge < -0.3 is 5.73 Å². The number of halogens is 5. The molecule has 31 heavy (non-hydrogen) atoms. The van der Waals surface area contributed by atoms with Crippen LogP contribution in [0.15, 0.2) is 30.9 Å². The summed E-state index contributed by atoms with van der Waals surface area (Å²) in [5.41, 5.74) is 3.61. The van der Waals surface area contributed by atoms with Gasteiger partial charge >= 0.3 is 6.18 Å². The van der Waals surface area contributed by atoms with Gasteiger partial charge in [0.05, 0.1) is 18.4 Å². The van der Waals surface area contributed by atoms with Crippen LogP contribution in [0, 0.1) is 0 Å². The van der Waals surface area contributed by atoms with Crippen molar-refractivity contribution in [3.63, 3.8) is 0 Å². The van der Waals surface area contributed by atoms with Gasteiger partial charge in [-0.25, -0.2) is 28.3 Å². The Morgan fingerprint density at radius 3 is 2.77 bits per heavy atom. The van der Waals surface area contributed by atoms with E-state index < -0.39 is 54.9 Å². The van der Waals surface area contributed by atoms with Crippen LogP contribution in [0.2, 0.25) is 0 Å². The summed E-state index contributed by atoms with van der Waals surface area (Å²) in [5, 5.41) is 9.17. The van der Waals surface area contributed by atoms with Gasteiger partial charge in [0.2, 0.25) is 0 Å². The van der Waals surface area contributed by atoms with E-state index in [1.54, 1.807) is 6.07 Å². The summed E-state index contributed by atoms with van der Waals surface area (Å²) in [7, 11) is 1.26. The first-order valence-electron chi connectivity index (χ1n) is 9.11. The lowest BCUT2D eigenvalue weighted by Gasteiger charge is -2.41. The highest BCUT2D eigenvalue weighted by molar-refractivity contribution is 6.09. The molecule has 1 aliphatic heterocycles. The number of alkyl halides is 5. The standard InChI is InChI=1S/C17H17F5N8O/c1-27-8-11(13(26-27)17(20,21)22)30(28-6-3-16(18,19)12(23)9-28)15(31)10-7-25-29-5-2-4-24-14(10)29/h2,4-5,7-8,12H,3,6,9,23H2,1H3/t12-/m0/s1. The molecule has 3 aromatic heterocycles. The van der Waals surface area contributed by atoms with E-state index in [1.165, 1.54) is 24.0 Å². The Labute approximate surface area is 171 Å². The van der Waals surface area contributed by atoms with Crippen molar-refractivity contribution in [2.75, 3.05) is 18.1 Å². The Morgan fingerprint density at radius 1 is 1.35 bits per heavy atom. The van der Waals surface area contributed by atoms with Gasteiger partial charge in [-0.1, -0.05) is 0 Å². The Bertz CT molecular complexity index is 1120. The molecular formula is C17H17F5N8O.